The molecule has 2 heterocycles. The molecule has 0 bridgehead atoms. The van der Waals surface area contributed by atoms with Gasteiger partial charge < -0.3 is 15.1 Å². The molecule has 2 aliphatic rings. The molecular weight excluding hydrogens is 376 g/mol. The average molecular weight is 407 g/mol. The third kappa shape index (κ3) is 4.49. The van der Waals surface area contributed by atoms with E-state index >= 15 is 0 Å². The largest absolute Gasteiger partial charge is 0.336 e. The monoisotopic (exact) mass is 406 g/mol. The Morgan fingerprint density at radius 2 is 1.63 bits per heavy atom. The van der Waals surface area contributed by atoms with E-state index in [1.54, 1.807) is 12.1 Å². The van der Waals surface area contributed by atoms with Crippen molar-refractivity contribution in [1.82, 2.24) is 9.80 Å². The predicted octanol–water partition coefficient (Wildman–Crippen LogP) is 3.84. The van der Waals surface area contributed by atoms with Gasteiger partial charge in [0.15, 0.2) is 0 Å². The highest BCUT2D eigenvalue weighted by molar-refractivity contribution is 6.02. The van der Waals surface area contributed by atoms with Crippen molar-refractivity contribution in [2.45, 2.75) is 26.2 Å². The van der Waals surface area contributed by atoms with Gasteiger partial charge >= 0.3 is 6.03 Å². The first-order chi connectivity index (χ1) is 14.7. The zero-order chi connectivity index (χ0) is 20.9. The summed E-state index contributed by atoms with van der Waals surface area (Å²) < 4.78 is 0. The highest BCUT2D eigenvalue weighted by Gasteiger charge is 2.23. The van der Waals surface area contributed by atoms with Crippen LogP contribution in [0.3, 0.4) is 0 Å². The van der Waals surface area contributed by atoms with Gasteiger partial charge in [0.1, 0.15) is 0 Å². The summed E-state index contributed by atoms with van der Waals surface area (Å²) in [4.78, 5) is 31.8. The number of fused-ring (bicyclic) bond motifs is 1. The summed E-state index contributed by atoms with van der Waals surface area (Å²) in [5.41, 5.74) is 3.58. The molecule has 4 rings (SSSR count). The highest BCUT2D eigenvalue weighted by Crippen LogP contribution is 2.27. The van der Waals surface area contributed by atoms with Gasteiger partial charge in [-0.2, -0.15) is 0 Å². The lowest BCUT2D eigenvalue weighted by molar-refractivity contribution is 0.0643. The van der Waals surface area contributed by atoms with Gasteiger partial charge in [-0.15, -0.1) is 0 Å². The predicted molar refractivity (Wildman–Crippen MR) is 120 cm³/mol. The molecule has 6 nitrogen and oxygen atoms in total. The molecule has 1 saturated heterocycles. The minimum atomic E-state index is -0.126. The van der Waals surface area contributed by atoms with E-state index in [9.17, 15) is 9.59 Å². The van der Waals surface area contributed by atoms with Crippen molar-refractivity contribution in [1.29, 1.82) is 0 Å². The summed E-state index contributed by atoms with van der Waals surface area (Å²) in [5.74, 6) is 0.0603. The number of carbonyl (C=O) groups excluding carboxylic acids is 2. The quantitative estimate of drug-likeness (QED) is 0.843. The van der Waals surface area contributed by atoms with Crippen LogP contribution in [-0.2, 0) is 6.42 Å². The van der Waals surface area contributed by atoms with Gasteiger partial charge in [-0.05, 0) is 61.7 Å². The number of rotatable bonds is 3. The van der Waals surface area contributed by atoms with Gasteiger partial charge in [0.2, 0.25) is 0 Å². The van der Waals surface area contributed by atoms with Crippen molar-refractivity contribution in [2.24, 2.45) is 0 Å². The van der Waals surface area contributed by atoms with Gasteiger partial charge in [0.25, 0.3) is 5.91 Å². The number of anilines is 2. The smallest absolute Gasteiger partial charge is 0.326 e. The van der Waals surface area contributed by atoms with Crippen LogP contribution in [0.2, 0.25) is 0 Å². The second-order valence-corrected chi connectivity index (χ2v) is 7.97. The molecule has 0 aromatic heterocycles. The molecular formula is C24H30N4O2. The van der Waals surface area contributed by atoms with Crippen molar-refractivity contribution < 1.29 is 9.59 Å². The van der Waals surface area contributed by atoms with Crippen LogP contribution in [0.4, 0.5) is 16.2 Å². The maximum absolute atomic E-state index is 12.9. The molecule has 6 heteroatoms. The van der Waals surface area contributed by atoms with Gasteiger partial charge in [-0.1, -0.05) is 25.1 Å². The second kappa shape index (κ2) is 9.30. The number of aryl methyl sites for hydroxylation is 1. The van der Waals surface area contributed by atoms with E-state index < -0.39 is 0 Å². The fourth-order valence-electron chi connectivity index (χ4n) is 4.24. The Kier molecular flexibility index (Phi) is 6.33. The fraction of sp³-hybridized carbons (Fsp3) is 0.417. The van der Waals surface area contributed by atoms with Crippen molar-refractivity contribution in [3.05, 3.63) is 59.7 Å². The van der Waals surface area contributed by atoms with Crippen LogP contribution >= 0.6 is 0 Å². The van der Waals surface area contributed by atoms with E-state index in [0.29, 0.717) is 17.8 Å². The summed E-state index contributed by atoms with van der Waals surface area (Å²) in [6.45, 7) is 7.26. The first-order valence-electron chi connectivity index (χ1n) is 10.9. The van der Waals surface area contributed by atoms with E-state index in [2.05, 4.69) is 23.2 Å². The lowest BCUT2D eigenvalue weighted by atomic mass is 10.1. The first kappa shape index (κ1) is 20.4. The molecule has 0 radical (unpaired) electrons. The van der Waals surface area contributed by atoms with E-state index in [1.165, 1.54) is 5.56 Å². The Hall–Kier alpha value is -2.86. The second-order valence-electron chi connectivity index (χ2n) is 7.97. The van der Waals surface area contributed by atoms with Gasteiger partial charge in [0.05, 0.1) is 0 Å². The Morgan fingerprint density at radius 3 is 2.37 bits per heavy atom. The number of nitrogens with zero attached hydrogens (tertiary/aromatic N) is 3. The molecule has 2 aromatic carbocycles. The van der Waals surface area contributed by atoms with Crippen LogP contribution in [-0.4, -0.2) is 61.0 Å². The SMILES string of the molecule is CCN1CCN(C(=O)c2ccc(NC(=O)N3CCCCc4ccccc43)cc2)CC1. The standard InChI is InChI=1S/C24H30N4O2/c1-2-26-15-17-27(18-16-26)23(29)20-10-12-21(13-11-20)25-24(30)28-14-6-5-8-19-7-3-4-9-22(19)28/h3-4,7,9-13H,2,5-6,8,14-18H2,1H3,(H,25,30). The molecule has 0 atom stereocenters. The van der Waals surface area contributed by atoms with E-state index in [1.807, 2.05) is 40.1 Å². The lowest BCUT2D eigenvalue weighted by Gasteiger charge is -2.34. The Bertz CT molecular complexity index is 888. The summed E-state index contributed by atoms with van der Waals surface area (Å²) in [5, 5.41) is 2.99. The number of para-hydroxylation sites is 1. The number of hydrogen-bond acceptors (Lipinski definition) is 3. The number of nitrogens with one attached hydrogen (secondary N) is 1. The zero-order valence-electron chi connectivity index (χ0n) is 17.6. The molecule has 30 heavy (non-hydrogen) atoms. The topological polar surface area (TPSA) is 55.9 Å². The van der Waals surface area contributed by atoms with E-state index in [-0.39, 0.29) is 11.9 Å². The summed E-state index contributed by atoms with van der Waals surface area (Å²) >= 11 is 0. The Labute approximate surface area is 178 Å². The average Bonchev–Trinajstić information content (AvgIpc) is 3.02. The minimum Gasteiger partial charge on any atom is -0.336 e. The van der Waals surface area contributed by atoms with Crippen molar-refractivity contribution in [3.63, 3.8) is 0 Å². The highest BCUT2D eigenvalue weighted by atomic mass is 16.2. The van der Waals surface area contributed by atoms with E-state index in [4.69, 9.17) is 0 Å². The Morgan fingerprint density at radius 1 is 0.900 bits per heavy atom. The van der Waals surface area contributed by atoms with Gasteiger partial charge in [0, 0.05) is 49.7 Å². The molecule has 3 amide bonds. The molecule has 2 aliphatic heterocycles. The molecule has 2 aromatic rings. The zero-order valence-corrected chi connectivity index (χ0v) is 17.6. The molecule has 1 fully saturated rings. The number of amides is 3. The number of piperazine rings is 1. The normalized spacial score (nSPS) is 17.2. The van der Waals surface area contributed by atoms with Crippen LogP contribution < -0.4 is 10.2 Å². The van der Waals surface area contributed by atoms with Gasteiger partial charge in [-0.25, -0.2) is 4.79 Å². The molecule has 1 N–H and O–H groups in total. The van der Waals surface area contributed by atoms with Crippen LogP contribution in [0.5, 0.6) is 0 Å². The van der Waals surface area contributed by atoms with E-state index in [0.717, 1.165) is 57.7 Å². The third-order valence-corrected chi connectivity index (χ3v) is 6.10. The number of hydrogen-bond donors (Lipinski definition) is 1. The van der Waals surface area contributed by atoms with Crippen LogP contribution in [0.1, 0.15) is 35.7 Å². The van der Waals surface area contributed by atoms with Crippen LogP contribution in [0.25, 0.3) is 0 Å². The summed E-state index contributed by atoms with van der Waals surface area (Å²) in [6.07, 6.45) is 3.08. The van der Waals surface area contributed by atoms with Crippen LogP contribution in [0.15, 0.2) is 48.5 Å². The lowest BCUT2D eigenvalue weighted by Crippen LogP contribution is -2.48. The number of likely N-dealkylation sites (N-methyl/N-ethyl adjacent to an activating group) is 1. The van der Waals surface area contributed by atoms with Crippen molar-refractivity contribution in [3.8, 4) is 0 Å². The molecule has 0 spiro atoms. The summed E-state index contributed by atoms with van der Waals surface area (Å²) in [6, 6.07) is 15.2. The maximum atomic E-state index is 12.9. The van der Waals surface area contributed by atoms with Gasteiger partial charge in [-0.3, -0.25) is 9.69 Å². The Balaban J connectivity index is 1.40. The number of carbonyl (C=O) groups is 2. The minimum absolute atomic E-state index is 0.0603. The molecule has 0 saturated carbocycles. The van der Waals surface area contributed by atoms with Crippen molar-refractivity contribution in [2.75, 3.05) is 49.5 Å². The maximum Gasteiger partial charge on any atom is 0.326 e. The molecule has 0 unspecified atom stereocenters. The third-order valence-electron chi connectivity index (χ3n) is 6.10. The molecule has 0 aliphatic carbocycles. The van der Waals surface area contributed by atoms with Crippen LogP contribution in [0, 0.1) is 0 Å². The number of urea groups is 1. The molecule has 158 valence electrons. The fourth-order valence-corrected chi connectivity index (χ4v) is 4.24. The number of benzene rings is 2. The summed E-state index contributed by atoms with van der Waals surface area (Å²) in [7, 11) is 0. The van der Waals surface area contributed by atoms with Crippen molar-refractivity contribution >= 4 is 23.3 Å². The first-order valence-corrected chi connectivity index (χ1v) is 10.9.